The molecule has 0 heterocycles. The first kappa shape index (κ1) is 19.2. The topological polar surface area (TPSA) is 47.6 Å². The average molecular weight is 373 g/mol. The fourth-order valence-electron chi connectivity index (χ4n) is 2.53. The van der Waals surface area contributed by atoms with Crippen LogP contribution in [0.2, 0.25) is 0 Å². The van der Waals surface area contributed by atoms with E-state index in [1.165, 1.54) is 0 Å². The summed E-state index contributed by atoms with van der Waals surface area (Å²) >= 11 is 0. The van der Waals surface area contributed by atoms with Crippen LogP contribution >= 0.6 is 0 Å². The number of alkyl carbamates (subject to hydrolysis) is 1. The van der Waals surface area contributed by atoms with Crippen LogP contribution in [-0.4, -0.2) is 12.6 Å². The maximum Gasteiger partial charge on any atom is 0.407 e. The predicted molar refractivity (Wildman–Crippen MR) is 111 cm³/mol. The minimum Gasteiger partial charge on any atom is -0.489 e. The van der Waals surface area contributed by atoms with Gasteiger partial charge < -0.3 is 14.8 Å². The Morgan fingerprint density at radius 1 is 0.786 bits per heavy atom. The van der Waals surface area contributed by atoms with Crippen molar-refractivity contribution in [3.63, 3.8) is 0 Å². The summed E-state index contributed by atoms with van der Waals surface area (Å²) in [5.74, 6) is 0.823. The number of benzene rings is 3. The van der Waals surface area contributed by atoms with Gasteiger partial charge in [0, 0.05) is 6.54 Å². The lowest BCUT2D eigenvalue weighted by molar-refractivity contribution is 0.141. The number of ether oxygens (including phenoxy) is 2. The van der Waals surface area contributed by atoms with Gasteiger partial charge in [-0.15, -0.1) is 0 Å². The van der Waals surface area contributed by atoms with Gasteiger partial charge in [-0.1, -0.05) is 84.9 Å². The summed E-state index contributed by atoms with van der Waals surface area (Å²) in [7, 11) is 0. The summed E-state index contributed by atoms with van der Waals surface area (Å²) in [6.07, 6.45) is 3.39. The second-order valence-electron chi connectivity index (χ2n) is 6.19. The van der Waals surface area contributed by atoms with E-state index in [0.29, 0.717) is 13.2 Å². The number of hydrogen-bond donors (Lipinski definition) is 1. The highest BCUT2D eigenvalue weighted by Crippen LogP contribution is 2.15. The van der Waals surface area contributed by atoms with Crippen molar-refractivity contribution in [1.82, 2.24) is 5.32 Å². The Kier molecular flexibility index (Phi) is 7.27. The van der Waals surface area contributed by atoms with Crippen LogP contribution < -0.4 is 10.1 Å². The van der Waals surface area contributed by atoms with Crippen LogP contribution in [0.25, 0.3) is 6.08 Å². The van der Waals surface area contributed by atoms with E-state index >= 15 is 0 Å². The molecule has 28 heavy (non-hydrogen) atoms. The normalized spacial score (nSPS) is 10.6. The van der Waals surface area contributed by atoms with Crippen molar-refractivity contribution in [2.24, 2.45) is 0 Å². The number of rotatable bonds is 8. The molecule has 0 spiro atoms. The van der Waals surface area contributed by atoms with E-state index in [9.17, 15) is 4.79 Å². The van der Waals surface area contributed by atoms with Crippen LogP contribution in [0.3, 0.4) is 0 Å². The number of carbonyl (C=O) groups excluding carboxylic acids is 1. The Labute approximate surface area is 165 Å². The van der Waals surface area contributed by atoms with Crippen molar-refractivity contribution in [2.45, 2.75) is 13.2 Å². The second kappa shape index (κ2) is 10.6. The molecule has 0 saturated heterocycles. The maximum absolute atomic E-state index is 11.7. The molecule has 3 aromatic carbocycles. The summed E-state index contributed by atoms with van der Waals surface area (Å²) in [6, 6.07) is 27.5. The Hall–Kier alpha value is -3.53. The number of amides is 1. The molecule has 3 aromatic rings. The minimum absolute atomic E-state index is 0.265. The van der Waals surface area contributed by atoms with Crippen molar-refractivity contribution in [2.75, 3.05) is 6.54 Å². The first-order valence-corrected chi connectivity index (χ1v) is 9.17. The van der Waals surface area contributed by atoms with Gasteiger partial charge in [0.25, 0.3) is 0 Å². The summed E-state index contributed by atoms with van der Waals surface area (Å²) in [6.45, 7) is 1.21. The fourth-order valence-corrected chi connectivity index (χ4v) is 2.53. The third-order valence-electron chi connectivity index (χ3n) is 4.02. The van der Waals surface area contributed by atoms with Crippen molar-refractivity contribution >= 4 is 12.2 Å². The largest absolute Gasteiger partial charge is 0.489 e. The van der Waals surface area contributed by atoms with Gasteiger partial charge in [-0.05, 0) is 28.8 Å². The zero-order chi connectivity index (χ0) is 19.4. The Balaban J connectivity index is 1.36. The van der Waals surface area contributed by atoms with Crippen LogP contribution in [0.1, 0.15) is 16.7 Å². The third-order valence-corrected chi connectivity index (χ3v) is 4.02. The van der Waals surface area contributed by atoms with Gasteiger partial charge in [-0.25, -0.2) is 4.79 Å². The van der Waals surface area contributed by atoms with E-state index in [1.54, 1.807) is 0 Å². The molecule has 3 rings (SSSR count). The molecule has 1 amide bonds. The molecule has 0 aromatic heterocycles. The molecule has 0 aliphatic carbocycles. The lowest BCUT2D eigenvalue weighted by atomic mass is 10.2. The van der Waals surface area contributed by atoms with Crippen molar-refractivity contribution < 1.29 is 14.3 Å². The summed E-state index contributed by atoms with van der Waals surface area (Å²) in [4.78, 5) is 11.7. The molecular weight excluding hydrogens is 350 g/mol. The summed E-state index contributed by atoms with van der Waals surface area (Å²) < 4.78 is 10.9. The van der Waals surface area contributed by atoms with Crippen LogP contribution in [0.4, 0.5) is 4.79 Å². The fraction of sp³-hybridized carbons (Fsp3) is 0.125. The van der Waals surface area contributed by atoms with Crippen molar-refractivity contribution in [3.05, 3.63) is 108 Å². The standard InChI is InChI=1S/C24H23NO3/c26-24(28-19-22-10-5-2-6-11-22)25-17-7-12-20-13-15-23(16-14-20)27-18-21-8-3-1-4-9-21/h1-16H,17-19H2,(H,25,26). The summed E-state index contributed by atoms with van der Waals surface area (Å²) in [5.41, 5.74) is 3.13. The molecule has 0 saturated carbocycles. The third kappa shape index (κ3) is 6.65. The van der Waals surface area contributed by atoms with Gasteiger partial charge >= 0.3 is 6.09 Å². The summed E-state index contributed by atoms with van der Waals surface area (Å²) in [5, 5.41) is 2.70. The van der Waals surface area contributed by atoms with E-state index < -0.39 is 6.09 Å². The molecule has 0 aliphatic heterocycles. The highest BCUT2D eigenvalue weighted by atomic mass is 16.5. The molecule has 0 unspecified atom stereocenters. The average Bonchev–Trinajstić information content (AvgIpc) is 2.76. The van der Waals surface area contributed by atoms with Crippen molar-refractivity contribution in [3.8, 4) is 5.75 Å². The van der Waals surface area contributed by atoms with Gasteiger partial charge in [0.05, 0.1) is 0 Å². The molecule has 142 valence electrons. The molecule has 0 atom stereocenters. The Bertz CT molecular complexity index is 875. The van der Waals surface area contributed by atoms with E-state index in [4.69, 9.17) is 9.47 Å². The first-order chi connectivity index (χ1) is 13.8. The maximum atomic E-state index is 11.7. The van der Waals surface area contributed by atoms with Crippen molar-refractivity contribution in [1.29, 1.82) is 0 Å². The van der Waals surface area contributed by atoms with Crippen LogP contribution in [0.5, 0.6) is 5.75 Å². The van der Waals surface area contributed by atoms with Crippen LogP contribution in [-0.2, 0) is 18.0 Å². The van der Waals surface area contributed by atoms with E-state index in [1.807, 2.05) is 97.1 Å². The smallest absolute Gasteiger partial charge is 0.407 e. The van der Waals surface area contributed by atoms with Crippen LogP contribution in [0, 0.1) is 0 Å². The number of carbonyl (C=O) groups is 1. The molecule has 0 radical (unpaired) electrons. The highest BCUT2D eigenvalue weighted by Gasteiger charge is 2.00. The Morgan fingerprint density at radius 2 is 1.39 bits per heavy atom. The van der Waals surface area contributed by atoms with E-state index in [0.717, 1.165) is 22.4 Å². The highest BCUT2D eigenvalue weighted by molar-refractivity contribution is 5.67. The number of hydrogen-bond acceptors (Lipinski definition) is 3. The van der Waals surface area contributed by atoms with E-state index in [-0.39, 0.29) is 6.61 Å². The zero-order valence-corrected chi connectivity index (χ0v) is 15.6. The number of nitrogens with one attached hydrogen (secondary N) is 1. The SMILES string of the molecule is O=C(NCC=Cc1ccc(OCc2ccccc2)cc1)OCc1ccccc1. The molecular formula is C24H23NO3. The first-order valence-electron chi connectivity index (χ1n) is 9.17. The lowest BCUT2D eigenvalue weighted by Gasteiger charge is -2.06. The molecule has 0 fully saturated rings. The zero-order valence-electron chi connectivity index (χ0n) is 15.6. The monoisotopic (exact) mass is 373 g/mol. The molecule has 1 N–H and O–H groups in total. The Morgan fingerprint density at radius 3 is 2.04 bits per heavy atom. The molecule has 4 heteroatoms. The molecule has 0 aliphatic rings. The van der Waals surface area contributed by atoms with Gasteiger partial charge in [-0.3, -0.25) is 0 Å². The van der Waals surface area contributed by atoms with Gasteiger partial charge in [0.15, 0.2) is 0 Å². The van der Waals surface area contributed by atoms with Gasteiger partial charge in [0.2, 0.25) is 0 Å². The lowest BCUT2D eigenvalue weighted by Crippen LogP contribution is -2.24. The second-order valence-corrected chi connectivity index (χ2v) is 6.19. The quantitative estimate of drug-likeness (QED) is 0.590. The molecule has 4 nitrogen and oxygen atoms in total. The van der Waals surface area contributed by atoms with Crippen LogP contribution in [0.15, 0.2) is 91.0 Å². The van der Waals surface area contributed by atoms with Gasteiger partial charge in [0.1, 0.15) is 19.0 Å². The minimum atomic E-state index is -0.432. The predicted octanol–water partition coefficient (Wildman–Crippen LogP) is 5.21. The van der Waals surface area contributed by atoms with Gasteiger partial charge in [-0.2, -0.15) is 0 Å². The van der Waals surface area contributed by atoms with E-state index in [2.05, 4.69) is 5.32 Å². The molecule has 0 bridgehead atoms.